The van der Waals surface area contributed by atoms with E-state index in [1.54, 1.807) is 30.0 Å². The first kappa shape index (κ1) is 19.7. The van der Waals surface area contributed by atoms with Crippen molar-refractivity contribution in [1.29, 1.82) is 0 Å². The number of rotatable bonds is 7. The maximum atomic E-state index is 10.5. The van der Waals surface area contributed by atoms with E-state index in [1.807, 2.05) is 22.9 Å². The largest absolute Gasteiger partial charge is 0.493 e. The molecule has 0 aromatic carbocycles. The van der Waals surface area contributed by atoms with Crippen molar-refractivity contribution in [3.63, 3.8) is 0 Å². The molecule has 29 heavy (non-hydrogen) atoms. The van der Waals surface area contributed by atoms with Gasteiger partial charge in [0.15, 0.2) is 22.8 Å². The summed E-state index contributed by atoms with van der Waals surface area (Å²) in [6.07, 6.45) is 7.02. The van der Waals surface area contributed by atoms with Crippen LogP contribution in [0, 0.1) is 0 Å². The highest BCUT2D eigenvalue weighted by molar-refractivity contribution is 9.10. The van der Waals surface area contributed by atoms with Crippen LogP contribution in [-0.4, -0.2) is 50.2 Å². The van der Waals surface area contributed by atoms with E-state index >= 15 is 0 Å². The lowest BCUT2D eigenvalue weighted by Crippen LogP contribution is -2.34. The Labute approximate surface area is 174 Å². The van der Waals surface area contributed by atoms with Crippen LogP contribution in [0.25, 0.3) is 11.3 Å². The molecule has 0 spiro atoms. The van der Waals surface area contributed by atoms with Gasteiger partial charge < -0.3 is 33.1 Å². The molecule has 0 amide bonds. The monoisotopic (exact) mass is 460 g/mol. The van der Waals surface area contributed by atoms with Gasteiger partial charge in [0.1, 0.15) is 0 Å². The van der Waals surface area contributed by atoms with E-state index in [9.17, 15) is 10.1 Å². The van der Waals surface area contributed by atoms with E-state index in [-0.39, 0.29) is 13.2 Å². The summed E-state index contributed by atoms with van der Waals surface area (Å²) >= 11 is 3.43. The van der Waals surface area contributed by atoms with Crippen LogP contribution in [0.5, 0.6) is 11.5 Å². The Morgan fingerprint density at radius 3 is 2.28 bits per heavy atom. The number of pyridine rings is 2. The number of ether oxygens (including phenoxy) is 2. The third-order valence-electron chi connectivity index (χ3n) is 4.40. The number of fused-ring (bicyclic) bond motifs is 2. The van der Waals surface area contributed by atoms with Crippen molar-refractivity contribution >= 4 is 39.8 Å². The summed E-state index contributed by atoms with van der Waals surface area (Å²) in [6.45, 7) is -0.0948. The van der Waals surface area contributed by atoms with Gasteiger partial charge in [-0.3, -0.25) is 0 Å². The van der Waals surface area contributed by atoms with Crippen molar-refractivity contribution in [2.45, 2.75) is 13.2 Å². The van der Waals surface area contributed by atoms with Crippen molar-refractivity contribution < 1.29 is 24.3 Å². The molecule has 0 fully saturated rings. The first-order valence-corrected chi connectivity index (χ1v) is 9.49. The van der Waals surface area contributed by atoms with Crippen LogP contribution in [0.15, 0.2) is 41.4 Å². The molecule has 0 saturated carbocycles. The van der Waals surface area contributed by atoms with Crippen molar-refractivity contribution in [3.05, 3.63) is 52.8 Å². The lowest BCUT2D eigenvalue weighted by Gasteiger charge is -2.10. The van der Waals surface area contributed by atoms with E-state index in [4.69, 9.17) is 14.1 Å². The molecule has 0 unspecified atom stereocenters. The molecule has 4 rings (SSSR count). The van der Waals surface area contributed by atoms with Crippen LogP contribution < -0.4 is 14.9 Å². The van der Waals surface area contributed by atoms with Crippen LogP contribution in [0.2, 0.25) is 0 Å². The lowest BCUT2D eigenvalue weighted by molar-refractivity contribution is 0.256. The van der Waals surface area contributed by atoms with Crippen LogP contribution in [-0.2, 0) is 17.9 Å². The predicted molar refractivity (Wildman–Crippen MR) is 110 cm³/mol. The molecule has 2 N–H and O–H groups in total. The molecule has 9 nitrogen and oxygen atoms in total. The Hall–Kier alpha value is -2.60. The van der Waals surface area contributed by atoms with Gasteiger partial charge in [0.2, 0.25) is 0 Å². The van der Waals surface area contributed by atoms with Gasteiger partial charge in [0, 0.05) is 34.7 Å². The Kier molecular flexibility index (Phi) is 5.46. The summed E-state index contributed by atoms with van der Waals surface area (Å²) in [6, 6.07) is 3.48. The van der Waals surface area contributed by atoms with Gasteiger partial charge in [0.25, 0.3) is 0 Å². The van der Waals surface area contributed by atoms with Crippen molar-refractivity contribution in [1.82, 2.24) is 18.8 Å². The minimum atomic E-state index is -1.20. The minimum Gasteiger partial charge on any atom is -0.493 e. The number of aliphatic hydroxyl groups excluding tert-OH is 1. The zero-order valence-corrected chi connectivity index (χ0v) is 17.3. The molecule has 0 atom stereocenters. The average Bonchev–Trinajstić information content (AvgIpc) is 3.33. The highest BCUT2D eigenvalue weighted by Crippen LogP contribution is 2.24. The average molecular weight is 461 g/mol. The molecule has 4 aromatic rings. The third-order valence-corrected chi connectivity index (χ3v) is 4.83. The molecule has 4 aromatic heterocycles. The van der Waals surface area contributed by atoms with E-state index in [2.05, 4.69) is 25.9 Å². The maximum absolute atomic E-state index is 10.5. The fraction of sp³-hybridized carbons (Fsp3) is 0.222. The van der Waals surface area contributed by atoms with Gasteiger partial charge in [-0.2, -0.15) is 0 Å². The molecule has 150 valence electrons. The smallest absolute Gasteiger partial charge is 0.493 e. The van der Waals surface area contributed by atoms with Crippen molar-refractivity contribution in [2.75, 3.05) is 14.2 Å². The molecular formula is C18H18BBrN4O5. The Bertz CT molecular complexity index is 1180. The molecule has 11 heteroatoms. The van der Waals surface area contributed by atoms with Crippen LogP contribution in [0.4, 0.5) is 0 Å². The molecule has 4 heterocycles. The van der Waals surface area contributed by atoms with Gasteiger partial charge in [-0.15, -0.1) is 0 Å². The van der Waals surface area contributed by atoms with Crippen molar-refractivity contribution in [3.8, 4) is 11.5 Å². The van der Waals surface area contributed by atoms with E-state index < -0.39 is 7.12 Å². The third kappa shape index (κ3) is 3.81. The first-order valence-electron chi connectivity index (χ1n) is 8.69. The van der Waals surface area contributed by atoms with Gasteiger partial charge >= 0.3 is 7.12 Å². The van der Waals surface area contributed by atoms with Gasteiger partial charge in [-0.25, -0.2) is 9.97 Å². The number of nitrogens with zero attached hydrogens (tertiary/aromatic N) is 4. The summed E-state index contributed by atoms with van der Waals surface area (Å²) in [5.74, 6) is 1.09. The number of hydrogen-bond donors (Lipinski definition) is 2. The minimum absolute atomic E-state index is 0.0930. The second kappa shape index (κ2) is 8.03. The van der Waals surface area contributed by atoms with Crippen LogP contribution >= 0.6 is 15.9 Å². The molecule has 0 saturated heterocycles. The molecule has 0 aliphatic carbocycles. The molecule has 0 aliphatic heterocycles. The van der Waals surface area contributed by atoms with Crippen molar-refractivity contribution in [2.24, 2.45) is 0 Å². The number of aromatic nitrogens is 4. The highest BCUT2D eigenvalue weighted by atomic mass is 79.9. The maximum Gasteiger partial charge on any atom is 0.493 e. The highest BCUT2D eigenvalue weighted by Gasteiger charge is 2.21. The molecule has 0 bridgehead atoms. The molecule has 0 aliphatic rings. The standard InChI is InChI=1S/C18H18BBrN4O5/c1-27-15-3-11(5-23-7-13(9-25)21-17(15)23)19(26)29-10-14-8-24-6-12(20)4-16(28-2)18(24)22-14/h3-8,25-26H,9-10H2,1-2H3. The normalized spacial score (nSPS) is 11.3. The molecule has 0 radical (unpaired) electrons. The fourth-order valence-electron chi connectivity index (χ4n) is 3.07. The van der Waals surface area contributed by atoms with Gasteiger partial charge in [-0.05, 0) is 28.1 Å². The van der Waals surface area contributed by atoms with Gasteiger partial charge in [0.05, 0.1) is 38.8 Å². The fourth-order valence-corrected chi connectivity index (χ4v) is 3.49. The van der Waals surface area contributed by atoms with Crippen LogP contribution in [0.3, 0.4) is 0 Å². The quantitative estimate of drug-likeness (QED) is 0.399. The Morgan fingerprint density at radius 1 is 0.966 bits per heavy atom. The second-order valence-electron chi connectivity index (χ2n) is 6.32. The zero-order valence-electron chi connectivity index (χ0n) is 15.7. The predicted octanol–water partition coefficient (Wildman–Crippen LogP) is 1.16. The van der Waals surface area contributed by atoms with E-state index in [0.29, 0.717) is 39.6 Å². The number of aliphatic hydroxyl groups is 1. The van der Waals surface area contributed by atoms with E-state index in [0.717, 1.165) is 4.47 Å². The van der Waals surface area contributed by atoms with Gasteiger partial charge in [-0.1, -0.05) is 0 Å². The van der Waals surface area contributed by atoms with Crippen LogP contribution in [0.1, 0.15) is 11.4 Å². The number of imidazole rings is 2. The summed E-state index contributed by atoms with van der Waals surface area (Å²) in [7, 11) is 1.90. The summed E-state index contributed by atoms with van der Waals surface area (Å²) in [4.78, 5) is 8.78. The molecular weight excluding hydrogens is 443 g/mol. The second-order valence-corrected chi connectivity index (χ2v) is 7.23. The lowest BCUT2D eigenvalue weighted by atomic mass is 9.80. The zero-order chi connectivity index (χ0) is 20.5. The summed E-state index contributed by atoms with van der Waals surface area (Å²) in [5, 5.41) is 19.8. The summed E-state index contributed by atoms with van der Waals surface area (Å²) in [5.41, 5.74) is 2.83. The Morgan fingerprint density at radius 2 is 1.59 bits per heavy atom. The SMILES string of the molecule is COc1cc(B(O)OCc2cn3cc(Br)cc(OC)c3n2)cn2cc(CO)nc12. The summed E-state index contributed by atoms with van der Waals surface area (Å²) < 4.78 is 20.7. The number of methoxy groups -OCH3 is 2. The number of halogens is 1. The topological polar surface area (TPSA) is 103 Å². The first-order chi connectivity index (χ1) is 14.0. The Balaban J connectivity index is 1.56. The number of hydrogen-bond acceptors (Lipinski definition) is 7. The van der Waals surface area contributed by atoms with E-state index in [1.165, 1.54) is 7.11 Å².